The highest BCUT2D eigenvalue weighted by atomic mass is 127. The van der Waals surface area contributed by atoms with Gasteiger partial charge in [-0.05, 0) is 29.0 Å². The average Bonchev–Trinajstić information content (AvgIpc) is 2.37. The van der Waals surface area contributed by atoms with E-state index in [1.807, 2.05) is 17.1 Å². The molecular weight excluding hydrogens is 253 g/mol. The lowest BCUT2D eigenvalue weighted by atomic mass is 10.3. The SMILES string of the molecule is N#CCCCn1cc(I)cn1. The molecule has 3 nitrogen and oxygen atoms in total. The smallest absolute Gasteiger partial charge is 0.0623 e. The quantitative estimate of drug-likeness (QED) is 0.614. The first-order chi connectivity index (χ1) is 5.33. The van der Waals surface area contributed by atoms with Crippen molar-refractivity contribution in [2.24, 2.45) is 0 Å². The van der Waals surface area contributed by atoms with Crippen LogP contribution >= 0.6 is 22.6 Å². The van der Waals surface area contributed by atoms with Crippen molar-refractivity contribution in [2.75, 3.05) is 0 Å². The molecule has 0 bridgehead atoms. The van der Waals surface area contributed by atoms with E-state index in [2.05, 4.69) is 33.8 Å². The van der Waals surface area contributed by atoms with Crippen molar-refractivity contribution in [2.45, 2.75) is 19.4 Å². The summed E-state index contributed by atoms with van der Waals surface area (Å²) in [5.74, 6) is 0. The van der Waals surface area contributed by atoms with Crippen LogP contribution in [0.3, 0.4) is 0 Å². The predicted molar refractivity (Wildman–Crippen MR) is 49.8 cm³/mol. The summed E-state index contributed by atoms with van der Waals surface area (Å²) < 4.78 is 3.00. The molecule has 0 aliphatic rings. The molecular formula is C7H8IN3. The molecule has 1 rings (SSSR count). The summed E-state index contributed by atoms with van der Waals surface area (Å²) in [6, 6.07) is 2.10. The first-order valence-electron chi connectivity index (χ1n) is 3.38. The van der Waals surface area contributed by atoms with Crippen LogP contribution in [0, 0.1) is 14.9 Å². The fourth-order valence-electron chi connectivity index (χ4n) is 0.781. The van der Waals surface area contributed by atoms with Crippen molar-refractivity contribution >= 4 is 22.6 Å². The second-order valence-electron chi connectivity index (χ2n) is 2.18. The molecule has 0 spiro atoms. The minimum Gasteiger partial charge on any atom is -0.272 e. The fourth-order valence-corrected chi connectivity index (χ4v) is 1.23. The molecule has 1 heterocycles. The van der Waals surface area contributed by atoms with E-state index in [1.54, 1.807) is 0 Å². The van der Waals surface area contributed by atoms with Gasteiger partial charge in [0.15, 0.2) is 0 Å². The summed E-state index contributed by atoms with van der Waals surface area (Å²) in [7, 11) is 0. The maximum absolute atomic E-state index is 8.27. The molecule has 0 atom stereocenters. The van der Waals surface area contributed by atoms with E-state index < -0.39 is 0 Å². The minimum absolute atomic E-state index is 0.608. The van der Waals surface area contributed by atoms with E-state index in [4.69, 9.17) is 5.26 Å². The summed E-state index contributed by atoms with van der Waals surface area (Å²) in [5, 5.41) is 12.4. The maximum atomic E-state index is 8.27. The van der Waals surface area contributed by atoms with Crippen molar-refractivity contribution in [3.8, 4) is 6.07 Å². The Balaban J connectivity index is 2.34. The molecule has 0 unspecified atom stereocenters. The van der Waals surface area contributed by atoms with Crippen LogP contribution in [0.5, 0.6) is 0 Å². The van der Waals surface area contributed by atoms with Crippen molar-refractivity contribution in [1.29, 1.82) is 5.26 Å². The van der Waals surface area contributed by atoms with Gasteiger partial charge in [-0.3, -0.25) is 4.68 Å². The zero-order chi connectivity index (χ0) is 8.10. The van der Waals surface area contributed by atoms with Crippen LogP contribution in [-0.4, -0.2) is 9.78 Å². The van der Waals surface area contributed by atoms with Crippen LogP contribution in [0.1, 0.15) is 12.8 Å². The first-order valence-corrected chi connectivity index (χ1v) is 4.45. The van der Waals surface area contributed by atoms with Crippen molar-refractivity contribution < 1.29 is 0 Å². The van der Waals surface area contributed by atoms with Gasteiger partial charge in [-0.1, -0.05) is 0 Å². The van der Waals surface area contributed by atoms with Gasteiger partial charge in [-0.15, -0.1) is 0 Å². The summed E-state index contributed by atoms with van der Waals surface area (Å²) in [6.07, 6.45) is 5.27. The molecule has 0 saturated heterocycles. The van der Waals surface area contributed by atoms with Crippen LogP contribution in [0.4, 0.5) is 0 Å². The Kier molecular flexibility index (Phi) is 3.36. The highest BCUT2D eigenvalue weighted by molar-refractivity contribution is 14.1. The molecule has 0 fully saturated rings. The van der Waals surface area contributed by atoms with Gasteiger partial charge >= 0.3 is 0 Å². The molecule has 0 aliphatic heterocycles. The number of nitrogens with zero attached hydrogens (tertiary/aromatic N) is 3. The van der Waals surface area contributed by atoms with E-state index in [1.165, 1.54) is 0 Å². The Morgan fingerprint density at radius 1 is 1.73 bits per heavy atom. The minimum atomic E-state index is 0.608. The Labute approximate surface area is 79.2 Å². The number of nitriles is 1. The van der Waals surface area contributed by atoms with E-state index in [0.717, 1.165) is 16.5 Å². The fraction of sp³-hybridized carbons (Fsp3) is 0.429. The summed E-state index contributed by atoms with van der Waals surface area (Å²) in [6.45, 7) is 0.844. The molecule has 1 aromatic rings. The van der Waals surface area contributed by atoms with Crippen molar-refractivity contribution in [3.63, 3.8) is 0 Å². The molecule has 58 valence electrons. The number of aryl methyl sites for hydroxylation is 1. The molecule has 0 amide bonds. The predicted octanol–water partition coefficient (Wildman–Crippen LogP) is 1.79. The van der Waals surface area contributed by atoms with Crippen molar-refractivity contribution in [1.82, 2.24) is 9.78 Å². The molecule has 1 aromatic heterocycles. The topological polar surface area (TPSA) is 41.6 Å². The number of aromatic nitrogens is 2. The summed E-state index contributed by atoms with van der Waals surface area (Å²) in [4.78, 5) is 0. The Bertz CT molecular complexity index is 261. The lowest BCUT2D eigenvalue weighted by Gasteiger charge is -1.95. The largest absolute Gasteiger partial charge is 0.272 e. The van der Waals surface area contributed by atoms with Gasteiger partial charge in [0, 0.05) is 19.2 Å². The highest BCUT2D eigenvalue weighted by Gasteiger charge is 1.93. The van der Waals surface area contributed by atoms with Gasteiger partial charge in [0.25, 0.3) is 0 Å². The molecule has 0 N–H and O–H groups in total. The normalized spacial score (nSPS) is 9.45. The van der Waals surface area contributed by atoms with Gasteiger partial charge in [0.1, 0.15) is 0 Å². The lowest BCUT2D eigenvalue weighted by molar-refractivity contribution is 0.585. The van der Waals surface area contributed by atoms with Gasteiger partial charge < -0.3 is 0 Å². The molecule has 0 aromatic carbocycles. The average molecular weight is 261 g/mol. The third-order valence-corrected chi connectivity index (χ3v) is 1.83. The Morgan fingerprint density at radius 3 is 3.09 bits per heavy atom. The number of rotatable bonds is 3. The van der Waals surface area contributed by atoms with E-state index in [0.29, 0.717) is 6.42 Å². The zero-order valence-corrected chi connectivity index (χ0v) is 8.15. The zero-order valence-electron chi connectivity index (χ0n) is 6.00. The van der Waals surface area contributed by atoms with Crippen LogP contribution in [0.25, 0.3) is 0 Å². The number of hydrogen-bond acceptors (Lipinski definition) is 2. The Morgan fingerprint density at radius 2 is 2.55 bits per heavy atom. The highest BCUT2D eigenvalue weighted by Crippen LogP contribution is 2.02. The lowest BCUT2D eigenvalue weighted by Crippen LogP contribution is -1.97. The summed E-state index contributed by atoms with van der Waals surface area (Å²) in [5.41, 5.74) is 0. The van der Waals surface area contributed by atoms with Crippen molar-refractivity contribution in [3.05, 3.63) is 16.0 Å². The third kappa shape index (κ3) is 2.89. The maximum Gasteiger partial charge on any atom is 0.0623 e. The second kappa shape index (κ2) is 4.34. The molecule has 0 aliphatic carbocycles. The van der Waals surface area contributed by atoms with Gasteiger partial charge in [-0.25, -0.2) is 0 Å². The van der Waals surface area contributed by atoms with E-state index in [9.17, 15) is 0 Å². The van der Waals surface area contributed by atoms with E-state index in [-0.39, 0.29) is 0 Å². The Hall–Kier alpha value is -0.570. The standard InChI is InChI=1S/C7H8IN3/c8-7-5-10-11(6-7)4-2-1-3-9/h5-6H,1-2,4H2. The monoisotopic (exact) mass is 261 g/mol. The number of halogens is 1. The van der Waals surface area contributed by atoms with Crippen LogP contribution in [0.2, 0.25) is 0 Å². The van der Waals surface area contributed by atoms with Crippen LogP contribution in [0.15, 0.2) is 12.4 Å². The number of hydrogen-bond donors (Lipinski definition) is 0. The summed E-state index contributed by atoms with van der Waals surface area (Å²) >= 11 is 2.21. The van der Waals surface area contributed by atoms with Crippen LogP contribution in [-0.2, 0) is 6.54 Å². The molecule has 0 saturated carbocycles. The van der Waals surface area contributed by atoms with Gasteiger partial charge in [-0.2, -0.15) is 10.4 Å². The van der Waals surface area contributed by atoms with Crippen LogP contribution < -0.4 is 0 Å². The second-order valence-corrected chi connectivity index (χ2v) is 3.43. The van der Waals surface area contributed by atoms with E-state index >= 15 is 0 Å². The number of unbranched alkanes of at least 4 members (excludes halogenated alkanes) is 1. The molecule has 0 radical (unpaired) electrons. The van der Waals surface area contributed by atoms with Gasteiger partial charge in [0.05, 0.1) is 15.8 Å². The molecule has 4 heteroatoms. The molecule has 11 heavy (non-hydrogen) atoms. The third-order valence-electron chi connectivity index (χ3n) is 1.28. The van der Waals surface area contributed by atoms with Gasteiger partial charge in [0.2, 0.25) is 0 Å². The first kappa shape index (κ1) is 8.53.